The molecular weight excluding hydrogens is 332 g/mol. The number of fused-ring (bicyclic) bond motifs is 1. The Morgan fingerprint density at radius 2 is 2.04 bits per heavy atom. The van der Waals surface area contributed by atoms with Crippen molar-refractivity contribution in [2.24, 2.45) is 11.8 Å². The number of aryl methyl sites for hydroxylation is 2. The van der Waals surface area contributed by atoms with Crippen LogP contribution in [0.2, 0.25) is 0 Å². The molecule has 3 heterocycles. The molecule has 26 heavy (non-hydrogen) atoms. The smallest absolute Gasteiger partial charge is 0.271 e. The van der Waals surface area contributed by atoms with E-state index < -0.39 is 6.10 Å². The second kappa shape index (κ2) is 6.72. The van der Waals surface area contributed by atoms with E-state index in [4.69, 9.17) is 4.74 Å². The Morgan fingerprint density at radius 3 is 2.73 bits per heavy atom. The zero-order chi connectivity index (χ0) is 18.3. The van der Waals surface area contributed by atoms with Gasteiger partial charge in [-0.1, -0.05) is 0 Å². The van der Waals surface area contributed by atoms with Gasteiger partial charge < -0.3 is 19.7 Å². The number of H-pyrrole nitrogens is 1. The van der Waals surface area contributed by atoms with Crippen LogP contribution in [0.15, 0.2) is 24.7 Å². The van der Waals surface area contributed by atoms with Crippen LogP contribution in [0.4, 0.5) is 0 Å². The number of carbonyl (C=O) groups excluding carboxylic acids is 1. The Kier molecular flexibility index (Phi) is 4.40. The van der Waals surface area contributed by atoms with Crippen LogP contribution in [0.5, 0.6) is 5.75 Å². The van der Waals surface area contributed by atoms with Crippen molar-refractivity contribution in [3.8, 4) is 5.75 Å². The highest BCUT2D eigenvalue weighted by atomic mass is 16.5. The van der Waals surface area contributed by atoms with Gasteiger partial charge in [0.05, 0.1) is 24.3 Å². The number of likely N-dealkylation sites (tertiary alicyclic amines) is 1. The van der Waals surface area contributed by atoms with Crippen LogP contribution in [0.25, 0.3) is 0 Å². The quantitative estimate of drug-likeness (QED) is 0.874. The molecule has 138 valence electrons. The molecule has 2 aliphatic rings. The lowest BCUT2D eigenvalue weighted by Gasteiger charge is -2.35. The van der Waals surface area contributed by atoms with Gasteiger partial charge in [-0.25, -0.2) is 4.98 Å². The van der Waals surface area contributed by atoms with Gasteiger partial charge in [-0.2, -0.15) is 0 Å². The Bertz CT molecular complexity index is 792. The minimum atomic E-state index is -0.529. The van der Waals surface area contributed by atoms with Crippen molar-refractivity contribution >= 4 is 5.91 Å². The third kappa shape index (κ3) is 3.19. The Hall–Kier alpha value is -2.41. The van der Waals surface area contributed by atoms with E-state index in [1.54, 1.807) is 6.20 Å². The fraction of sp³-hybridized carbons (Fsp3) is 0.526. The predicted molar refractivity (Wildman–Crippen MR) is 94.8 cm³/mol. The summed E-state index contributed by atoms with van der Waals surface area (Å²) in [5, 5.41) is 10.6. The summed E-state index contributed by atoms with van der Waals surface area (Å²) in [6.45, 7) is 5.24. The summed E-state index contributed by atoms with van der Waals surface area (Å²) in [7, 11) is 0. The molecule has 2 fully saturated rings. The topological polar surface area (TPSA) is 91.3 Å². The van der Waals surface area contributed by atoms with Crippen LogP contribution in [-0.4, -0.2) is 56.2 Å². The number of nitrogens with one attached hydrogen (secondary N) is 1. The Balaban J connectivity index is 1.43. The van der Waals surface area contributed by atoms with Gasteiger partial charge in [0.15, 0.2) is 0 Å². The molecule has 0 radical (unpaired) electrons. The van der Waals surface area contributed by atoms with Crippen LogP contribution in [0.3, 0.4) is 0 Å². The molecule has 4 atom stereocenters. The molecule has 1 aliphatic heterocycles. The molecule has 7 nitrogen and oxygen atoms in total. The minimum Gasteiger partial charge on any atom is -0.486 e. The highest BCUT2D eigenvalue weighted by molar-refractivity contribution is 5.92. The van der Waals surface area contributed by atoms with E-state index in [0.717, 1.165) is 23.6 Å². The largest absolute Gasteiger partial charge is 0.486 e. The van der Waals surface area contributed by atoms with Crippen LogP contribution in [0, 0.1) is 25.7 Å². The molecule has 1 saturated heterocycles. The van der Waals surface area contributed by atoms with Gasteiger partial charge in [-0.3, -0.25) is 9.78 Å². The zero-order valence-corrected chi connectivity index (χ0v) is 15.1. The van der Waals surface area contributed by atoms with Crippen molar-refractivity contribution in [3.05, 3.63) is 41.7 Å². The summed E-state index contributed by atoms with van der Waals surface area (Å²) in [5.74, 6) is 1.35. The maximum Gasteiger partial charge on any atom is 0.271 e. The van der Waals surface area contributed by atoms with E-state index >= 15 is 0 Å². The number of rotatable bonds is 3. The van der Waals surface area contributed by atoms with Crippen LogP contribution >= 0.6 is 0 Å². The normalized spacial score (nSPS) is 28.0. The summed E-state index contributed by atoms with van der Waals surface area (Å²) in [6.07, 6.45) is 3.67. The SMILES string of the molecule is Cc1ccc(O[C@@H]2C[C@@H]3CN(C(=O)c4cnc[nH]4)C[C@@H]3C[C@H]2O)c(C)n1. The number of pyridine rings is 1. The van der Waals surface area contributed by atoms with Crippen LogP contribution < -0.4 is 4.74 Å². The molecular formula is C19H24N4O3. The predicted octanol–water partition coefficient (Wildman–Crippen LogP) is 1.71. The molecule has 1 amide bonds. The van der Waals surface area contributed by atoms with E-state index in [1.807, 2.05) is 30.9 Å². The lowest BCUT2D eigenvalue weighted by atomic mass is 9.78. The van der Waals surface area contributed by atoms with Crippen LogP contribution in [0.1, 0.15) is 34.7 Å². The molecule has 1 saturated carbocycles. The van der Waals surface area contributed by atoms with E-state index in [-0.39, 0.29) is 12.0 Å². The first-order valence-corrected chi connectivity index (χ1v) is 9.08. The first-order valence-electron chi connectivity index (χ1n) is 9.08. The van der Waals surface area contributed by atoms with E-state index in [0.29, 0.717) is 37.0 Å². The van der Waals surface area contributed by atoms with Crippen molar-refractivity contribution in [2.45, 2.75) is 38.9 Å². The average molecular weight is 356 g/mol. The van der Waals surface area contributed by atoms with Gasteiger partial charge in [0, 0.05) is 18.8 Å². The fourth-order valence-corrected chi connectivity index (χ4v) is 4.19. The van der Waals surface area contributed by atoms with Gasteiger partial charge in [-0.05, 0) is 50.7 Å². The molecule has 2 aromatic rings. The molecule has 0 unspecified atom stereocenters. The fourth-order valence-electron chi connectivity index (χ4n) is 4.19. The lowest BCUT2D eigenvalue weighted by Crippen LogP contribution is -2.42. The van der Waals surface area contributed by atoms with Crippen LogP contribution in [-0.2, 0) is 0 Å². The number of hydrogen-bond acceptors (Lipinski definition) is 5. The van der Waals surface area contributed by atoms with E-state index in [9.17, 15) is 9.90 Å². The molecule has 7 heteroatoms. The van der Waals surface area contributed by atoms with Crippen molar-refractivity contribution in [1.29, 1.82) is 0 Å². The molecule has 0 bridgehead atoms. The number of ether oxygens (including phenoxy) is 1. The van der Waals surface area contributed by atoms with Gasteiger partial charge in [0.25, 0.3) is 5.91 Å². The van der Waals surface area contributed by atoms with E-state index in [2.05, 4.69) is 15.0 Å². The summed E-state index contributed by atoms with van der Waals surface area (Å²) < 4.78 is 6.10. The number of aromatic amines is 1. The summed E-state index contributed by atoms with van der Waals surface area (Å²) in [4.78, 5) is 25.6. The lowest BCUT2D eigenvalue weighted by molar-refractivity contribution is -0.0236. The maximum atomic E-state index is 12.5. The summed E-state index contributed by atoms with van der Waals surface area (Å²) >= 11 is 0. The first kappa shape index (κ1) is 17.0. The zero-order valence-electron chi connectivity index (χ0n) is 15.1. The first-order chi connectivity index (χ1) is 12.5. The van der Waals surface area contributed by atoms with Gasteiger partial charge in [0.1, 0.15) is 17.5 Å². The van der Waals surface area contributed by atoms with Crippen molar-refractivity contribution < 1.29 is 14.6 Å². The highest BCUT2D eigenvalue weighted by Gasteiger charge is 2.44. The molecule has 2 aromatic heterocycles. The standard InChI is InChI=1S/C19H24N4O3/c1-11-3-4-17(12(2)22-11)26-18-6-14-9-23(8-13(14)5-16(18)24)19(25)15-7-20-10-21-15/h3-4,7,10,13-14,16,18,24H,5-6,8-9H2,1-2H3,(H,20,21)/t13-,14+,16+,18+/m0/s1. The molecule has 2 N–H and O–H groups in total. The van der Waals surface area contributed by atoms with Gasteiger partial charge >= 0.3 is 0 Å². The summed E-state index contributed by atoms with van der Waals surface area (Å²) in [6, 6.07) is 3.83. The third-order valence-corrected chi connectivity index (χ3v) is 5.56. The maximum absolute atomic E-state index is 12.5. The molecule has 1 aliphatic carbocycles. The van der Waals surface area contributed by atoms with Crippen molar-refractivity contribution in [2.75, 3.05) is 13.1 Å². The minimum absolute atomic E-state index is 0.0255. The number of aromatic nitrogens is 3. The number of hydrogen-bond donors (Lipinski definition) is 2. The summed E-state index contributed by atoms with van der Waals surface area (Å²) in [5.41, 5.74) is 2.29. The molecule has 4 rings (SSSR count). The number of carbonyl (C=O) groups is 1. The highest BCUT2D eigenvalue weighted by Crippen LogP contribution is 2.38. The van der Waals surface area contributed by atoms with Crippen molar-refractivity contribution in [1.82, 2.24) is 19.9 Å². The van der Waals surface area contributed by atoms with Gasteiger partial charge in [-0.15, -0.1) is 0 Å². The number of amides is 1. The number of aliphatic hydroxyl groups excluding tert-OH is 1. The van der Waals surface area contributed by atoms with Gasteiger partial charge in [0.2, 0.25) is 0 Å². The molecule has 0 aromatic carbocycles. The third-order valence-electron chi connectivity index (χ3n) is 5.56. The molecule has 0 spiro atoms. The second-order valence-electron chi connectivity index (χ2n) is 7.43. The number of imidazole rings is 1. The van der Waals surface area contributed by atoms with Crippen molar-refractivity contribution in [3.63, 3.8) is 0 Å². The Morgan fingerprint density at radius 1 is 1.27 bits per heavy atom. The number of nitrogens with zero attached hydrogens (tertiary/aromatic N) is 3. The average Bonchev–Trinajstić information content (AvgIpc) is 3.26. The second-order valence-corrected chi connectivity index (χ2v) is 7.43. The Labute approximate surface area is 152 Å². The monoisotopic (exact) mass is 356 g/mol. The van der Waals surface area contributed by atoms with E-state index in [1.165, 1.54) is 6.33 Å². The number of aliphatic hydroxyl groups is 1.